The summed E-state index contributed by atoms with van der Waals surface area (Å²) in [4.78, 5) is 17.3. The van der Waals surface area contributed by atoms with Gasteiger partial charge < -0.3 is 24.8 Å². The van der Waals surface area contributed by atoms with Gasteiger partial charge in [-0.15, -0.1) is 0 Å². The Labute approximate surface area is 231 Å². The van der Waals surface area contributed by atoms with E-state index in [1.54, 1.807) is 0 Å². The molecule has 3 aromatic rings. The molecular weight excluding hydrogens is 486 g/mol. The highest BCUT2D eigenvalue weighted by molar-refractivity contribution is 5.94. The molecule has 39 heavy (non-hydrogen) atoms. The van der Waals surface area contributed by atoms with Gasteiger partial charge >= 0.3 is 6.01 Å². The van der Waals surface area contributed by atoms with E-state index in [1.165, 1.54) is 34.9 Å². The number of piperazine rings is 1. The molecule has 0 saturated carbocycles. The number of benzene rings is 2. The number of likely N-dealkylation sites (tertiary alicyclic amines) is 1. The lowest BCUT2D eigenvalue weighted by Gasteiger charge is -2.41. The zero-order valence-electron chi connectivity index (χ0n) is 23.1. The number of nitriles is 1. The monoisotopic (exact) mass is 525 g/mol. The molecule has 3 aliphatic heterocycles. The molecule has 0 aliphatic carbocycles. The first-order valence-electron chi connectivity index (χ1n) is 14.4. The van der Waals surface area contributed by atoms with Crippen LogP contribution in [0.5, 0.6) is 6.01 Å². The number of nitrogens with one attached hydrogen (secondary N) is 1. The molecule has 2 fully saturated rings. The van der Waals surface area contributed by atoms with Gasteiger partial charge in [0.15, 0.2) is 0 Å². The maximum absolute atomic E-state index is 9.34. The summed E-state index contributed by atoms with van der Waals surface area (Å²) in [6, 6.07) is 18.7. The molecule has 0 spiro atoms. The number of nitrogens with zero attached hydrogens (tertiary/aromatic N) is 6. The summed E-state index contributed by atoms with van der Waals surface area (Å²) in [5, 5.41) is 15.4. The first-order chi connectivity index (χ1) is 19.1. The molecule has 0 amide bonds. The maximum Gasteiger partial charge on any atom is 0.318 e. The quantitative estimate of drug-likeness (QED) is 0.515. The lowest BCUT2D eigenvalue weighted by molar-refractivity contribution is 0.119. The van der Waals surface area contributed by atoms with Crippen LogP contribution >= 0.6 is 0 Å². The predicted molar refractivity (Wildman–Crippen MR) is 155 cm³/mol. The van der Waals surface area contributed by atoms with Crippen LogP contribution in [0.1, 0.15) is 43.9 Å². The molecule has 0 bridgehead atoms. The number of likely N-dealkylation sites (N-methyl/N-ethyl adjacent to an activating group) is 1. The fourth-order valence-corrected chi connectivity index (χ4v) is 6.38. The zero-order chi connectivity index (χ0) is 26.8. The minimum Gasteiger partial charge on any atom is -0.462 e. The summed E-state index contributed by atoms with van der Waals surface area (Å²) in [6.07, 6.45) is 5.00. The molecule has 1 aromatic heterocycles. The summed E-state index contributed by atoms with van der Waals surface area (Å²) in [7, 11) is 2.19. The number of fused-ring (bicyclic) bond motifs is 2. The highest BCUT2D eigenvalue weighted by Crippen LogP contribution is 2.35. The highest BCUT2D eigenvalue weighted by atomic mass is 16.5. The number of ether oxygens (including phenoxy) is 1. The molecule has 2 aromatic carbocycles. The van der Waals surface area contributed by atoms with E-state index in [9.17, 15) is 5.26 Å². The van der Waals surface area contributed by atoms with Crippen LogP contribution in [0.15, 0.2) is 42.5 Å². The standard InChI is InChI=1S/C31H39N7O/c1-22-18-33-24(13-15-32)19-38(22)30-27-14-17-37(29-12-7-9-23-8-3-4-11-26(23)29)20-28(27)34-31(35-30)39-21-25-10-5-6-16-36(25)2/h3-4,7-9,11-12,22,24-25,33H,5-6,10,13-14,16-21H2,1-2H3/t22-,24-,25-/m0/s1. The Morgan fingerprint density at radius 3 is 2.85 bits per heavy atom. The summed E-state index contributed by atoms with van der Waals surface area (Å²) >= 11 is 0. The first kappa shape index (κ1) is 25.8. The largest absolute Gasteiger partial charge is 0.462 e. The van der Waals surface area contributed by atoms with Gasteiger partial charge in [-0.25, -0.2) is 0 Å². The average Bonchev–Trinajstić information content (AvgIpc) is 2.97. The second-order valence-corrected chi connectivity index (χ2v) is 11.3. The number of hydrogen-bond acceptors (Lipinski definition) is 8. The highest BCUT2D eigenvalue weighted by Gasteiger charge is 2.32. The summed E-state index contributed by atoms with van der Waals surface area (Å²) < 4.78 is 6.36. The van der Waals surface area contributed by atoms with Gasteiger partial charge in [-0.2, -0.15) is 15.2 Å². The third-order valence-corrected chi connectivity index (χ3v) is 8.72. The van der Waals surface area contributed by atoms with Gasteiger partial charge in [-0.1, -0.05) is 42.8 Å². The second kappa shape index (κ2) is 11.4. The Hall–Kier alpha value is -3.41. The van der Waals surface area contributed by atoms with Crippen molar-refractivity contribution < 1.29 is 4.74 Å². The smallest absolute Gasteiger partial charge is 0.318 e. The van der Waals surface area contributed by atoms with Crippen LogP contribution in [0.2, 0.25) is 0 Å². The minimum atomic E-state index is 0.132. The topological polar surface area (TPSA) is 80.5 Å². The lowest BCUT2D eigenvalue weighted by atomic mass is 10.0. The van der Waals surface area contributed by atoms with E-state index in [0.717, 1.165) is 57.1 Å². The van der Waals surface area contributed by atoms with Crippen LogP contribution < -0.4 is 19.9 Å². The molecule has 0 radical (unpaired) electrons. The van der Waals surface area contributed by atoms with E-state index < -0.39 is 0 Å². The molecule has 2 saturated heterocycles. The molecule has 204 valence electrons. The van der Waals surface area contributed by atoms with Crippen molar-refractivity contribution in [2.24, 2.45) is 0 Å². The van der Waals surface area contributed by atoms with Gasteiger partial charge in [0.1, 0.15) is 12.4 Å². The van der Waals surface area contributed by atoms with Crippen LogP contribution in [-0.4, -0.2) is 72.8 Å². The molecule has 6 rings (SSSR count). The van der Waals surface area contributed by atoms with Gasteiger partial charge in [-0.3, -0.25) is 0 Å². The molecule has 3 atom stereocenters. The zero-order valence-corrected chi connectivity index (χ0v) is 23.1. The first-order valence-corrected chi connectivity index (χ1v) is 14.4. The Morgan fingerprint density at radius 2 is 1.97 bits per heavy atom. The van der Waals surface area contributed by atoms with Crippen LogP contribution in [-0.2, 0) is 13.0 Å². The van der Waals surface area contributed by atoms with Crippen molar-refractivity contribution in [2.45, 2.75) is 63.7 Å². The van der Waals surface area contributed by atoms with Crippen molar-refractivity contribution in [3.05, 3.63) is 53.7 Å². The van der Waals surface area contributed by atoms with Gasteiger partial charge in [0.25, 0.3) is 0 Å². The Morgan fingerprint density at radius 1 is 1.10 bits per heavy atom. The normalized spacial score (nSPS) is 23.9. The van der Waals surface area contributed by atoms with Gasteiger partial charge in [0.05, 0.1) is 24.7 Å². The van der Waals surface area contributed by atoms with E-state index in [0.29, 0.717) is 25.1 Å². The van der Waals surface area contributed by atoms with Gasteiger partial charge in [0.2, 0.25) is 0 Å². The summed E-state index contributed by atoms with van der Waals surface area (Å²) in [5.74, 6) is 0.988. The average molecular weight is 526 g/mol. The van der Waals surface area contributed by atoms with E-state index >= 15 is 0 Å². The molecule has 4 heterocycles. The number of hydrogen-bond donors (Lipinski definition) is 1. The van der Waals surface area contributed by atoms with Crippen LogP contribution in [0.25, 0.3) is 10.8 Å². The SMILES string of the molecule is C[C@H]1CN[C@@H](CC#N)CN1c1nc(OC[C@@H]2CCCCN2C)nc2c1CCN(c1cccc3ccccc13)C2. The maximum atomic E-state index is 9.34. The van der Waals surface area contributed by atoms with E-state index in [1.807, 2.05) is 0 Å². The number of piperidine rings is 1. The molecule has 3 aliphatic rings. The Kier molecular flexibility index (Phi) is 7.53. The van der Waals surface area contributed by atoms with Crippen molar-refractivity contribution in [1.82, 2.24) is 20.2 Å². The molecular formula is C31H39N7O. The third kappa shape index (κ3) is 5.39. The fraction of sp³-hybridized carbons (Fsp3) is 0.516. The van der Waals surface area contributed by atoms with Gasteiger partial charge in [0, 0.05) is 54.4 Å². The second-order valence-electron chi connectivity index (χ2n) is 11.3. The van der Waals surface area contributed by atoms with Crippen LogP contribution in [0.4, 0.5) is 11.5 Å². The lowest BCUT2D eigenvalue weighted by Crippen LogP contribution is -2.56. The van der Waals surface area contributed by atoms with Crippen molar-refractivity contribution in [2.75, 3.05) is 49.6 Å². The Balaban J connectivity index is 1.33. The van der Waals surface area contributed by atoms with Crippen LogP contribution in [0.3, 0.4) is 0 Å². The fourth-order valence-electron chi connectivity index (χ4n) is 6.38. The molecule has 0 unspecified atom stereocenters. The molecule has 8 heteroatoms. The Bertz CT molecular complexity index is 1350. The molecule has 1 N–H and O–H groups in total. The predicted octanol–water partition coefficient (Wildman–Crippen LogP) is 4.14. The van der Waals surface area contributed by atoms with Crippen molar-refractivity contribution in [1.29, 1.82) is 5.26 Å². The van der Waals surface area contributed by atoms with Gasteiger partial charge in [-0.05, 0) is 51.2 Å². The van der Waals surface area contributed by atoms with E-state index in [2.05, 4.69) is 82.5 Å². The number of aromatic nitrogens is 2. The van der Waals surface area contributed by atoms with Crippen LogP contribution in [0, 0.1) is 11.3 Å². The molecule has 8 nitrogen and oxygen atoms in total. The number of anilines is 2. The summed E-state index contributed by atoms with van der Waals surface area (Å²) in [5.41, 5.74) is 3.52. The van der Waals surface area contributed by atoms with E-state index in [4.69, 9.17) is 14.7 Å². The number of rotatable bonds is 6. The van der Waals surface area contributed by atoms with Crippen molar-refractivity contribution in [3.8, 4) is 12.1 Å². The third-order valence-electron chi connectivity index (χ3n) is 8.72. The minimum absolute atomic E-state index is 0.132. The van der Waals surface area contributed by atoms with Crippen molar-refractivity contribution in [3.63, 3.8) is 0 Å². The van der Waals surface area contributed by atoms with Crippen molar-refractivity contribution >= 4 is 22.3 Å². The summed E-state index contributed by atoms with van der Waals surface area (Å²) in [6.45, 7) is 7.17. The van der Waals surface area contributed by atoms with E-state index in [-0.39, 0.29) is 12.1 Å².